The van der Waals surface area contributed by atoms with Gasteiger partial charge in [-0.25, -0.2) is 0 Å². The molecule has 2 aromatic heterocycles. The highest BCUT2D eigenvalue weighted by atomic mass is 16.5. The van der Waals surface area contributed by atoms with E-state index in [1.807, 2.05) is 54.6 Å². The van der Waals surface area contributed by atoms with Gasteiger partial charge in [-0.15, -0.1) is 0 Å². The lowest BCUT2D eigenvalue weighted by Gasteiger charge is -2.20. The lowest BCUT2D eigenvalue weighted by atomic mass is 9.93. The minimum absolute atomic E-state index is 0.621. The number of hydrogen-bond acceptors (Lipinski definition) is 3. The molecule has 54 heavy (non-hydrogen) atoms. The van der Waals surface area contributed by atoms with Crippen molar-refractivity contribution in [1.29, 1.82) is 5.26 Å². The Morgan fingerprint density at radius 1 is 0.370 bits per heavy atom. The summed E-state index contributed by atoms with van der Waals surface area (Å²) in [6.07, 6.45) is 0. The first-order valence-electron chi connectivity index (χ1n) is 18.1. The van der Waals surface area contributed by atoms with E-state index in [4.69, 9.17) is 9.47 Å². The van der Waals surface area contributed by atoms with Gasteiger partial charge in [-0.2, -0.15) is 5.26 Å². The number of rotatable bonds is 3. The zero-order valence-electron chi connectivity index (χ0n) is 28.7. The van der Waals surface area contributed by atoms with Crippen molar-refractivity contribution in [3.8, 4) is 73.8 Å². The molecule has 12 rings (SSSR count). The second-order valence-corrected chi connectivity index (χ2v) is 14.1. The largest absolute Gasteiger partial charge is 0.453 e. The summed E-state index contributed by atoms with van der Waals surface area (Å²) in [5.74, 6) is 3.42. The van der Waals surface area contributed by atoms with Crippen LogP contribution < -0.4 is 9.47 Å². The van der Waals surface area contributed by atoms with Gasteiger partial charge in [0.25, 0.3) is 0 Å². The van der Waals surface area contributed by atoms with Gasteiger partial charge in [-0.3, -0.25) is 0 Å². The smallest absolute Gasteiger partial charge is 0.152 e. The zero-order valence-corrected chi connectivity index (χ0v) is 28.7. The summed E-state index contributed by atoms with van der Waals surface area (Å²) in [6.45, 7) is 0. The van der Waals surface area contributed by atoms with E-state index in [0.717, 1.165) is 106 Å². The molecule has 0 bridgehead atoms. The highest BCUT2D eigenvalue weighted by Crippen LogP contribution is 2.47. The summed E-state index contributed by atoms with van der Waals surface area (Å²) in [6, 6.07) is 59.5. The molecule has 0 saturated heterocycles. The Balaban J connectivity index is 0.976. The van der Waals surface area contributed by atoms with Crippen molar-refractivity contribution >= 4 is 43.6 Å². The van der Waals surface area contributed by atoms with E-state index in [2.05, 4.69) is 124 Å². The van der Waals surface area contributed by atoms with E-state index in [0.29, 0.717) is 5.56 Å². The molecule has 10 aromatic rings. The first-order valence-corrected chi connectivity index (χ1v) is 18.1. The Morgan fingerprint density at radius 3 is 1.37 bits per heavy atom. The van der Waals surface area contributed by atoms with E-state index in [-0.39, 0.29) is 0 Å². The molecule has 0 fully saturated rings. The van der Waals surface area contributed by atoms with Crippen LogP contribution in [0.3, 0.4) is 0 Å². The SMILES string of the molecule is N#Cc1cc(-c2cccc(-c3ccc4c(c3)c3cccc5c3n4-c3ccccc3O5)c2)cc(-c2ccc3c(c2)c2cccc4c2n3-c2ccccc2O4)c1. The van der Waals surface area contributed by atoms with Crippen LogP contribution in [0.15, 0.2) is 164 Å². The molecule has 0 atom stereocenters. The van der Waals surface area contributed by atoms with E-state index in [1.165, 1.54) is 5.39 Å². The van der Waals surface area contributed by atoms with E-state index >= 15 is 0 Å². The van der Waals surface area contributed by atoms with Crippen molar-refractivity contribution in [2.45, 2.75) is 0 Å². The molecule has 0 unspecified atom stereocenters. The maximum absolute atomic E-state index is 10.2. The molecule has 250 valence electrons. The normalized spacial score (nSPS) is 12.4. The maximum atomic E-state index is 10.2. The third-order valence-electron chi connectivity index (χ3n) is 11.1. The van der Waals surface area contributed by atoms with Crippen molar-refractivity contribution in [2.75, 3.05) is 0 Å². The lowest BCUT2D eigenvalue weighted by Crippen LogP contribution is -2.03. The molecule has 2 aliphatic heterocycles. The topological polar surface area (TPSA) is 52.1 Å². The fraction of sp³-hybridized carbons (Fsp3) is 0. The molecule has 2 aliphatic rings. The second-order valence-electron chi connectivity index (χ2n) is 14.1. The molecular formula is C49H27N3O2. The second kappa shape index (κ2) is 10.7. The number of nitrogens with zero attached hydrogens (tertiary/aromatic N) is 3. The Morgan fingerprint density at radius 2 is 0.815 bits per heavy atom. The Kier molecular flexibility index (Phi) is 5.78. The fourth-order valence-corrected chi connectivity index (χ4v) is 8.70. The Hall–Kier alpha value is -7.55. The third-order valence-corrected chi connectivity index (χ3v) is 11.1. The fourth-order valence-electron chi connectivity index (χ4n) is 8.70. The van der Waals surface area contributed by atoms with Gasteiger partial charge in [0.2, 0.25) is 0 Å². The van der Waals surface area contributed by atoms with Gasteiger partial charge in [0.15, 0.2) is 23.0 Å². The van der Waals surface area contributed by atoms with Crippen LogP contribution in [-0.2, 0) is 0 Å². The van der Waals surface area contributed by atoms with Crippen molar-refractivity contribution in [1.82, 2.24) is 9.13 Å². The standard InChI is InChI=1S/C49H27N3O2/c50-28-29-22-34(25-35(23-29)33-19-21-41-39(27-33)37-11-7-17-47-49(37)52(41)43-13-2-4-15-45(43)54-47)31-9-5-8-30(24-31)32-18-20-40-38(26-32)36-10-6-16-46-48(36)51(40)42-12-1-3-14-44(42)53-46/h1-27H. The number of fused-ring (bicyclic) bond motifs is 10. The average Bonchev–Trinajstić information content (AvgIpc) is 3.75. The van der Waals surface area contributed by atoms with Gasteiger partial charge in [0, 0.05) is 21.5 Å². The summed E-state index contributed by atoms with van der Waals surface area (Å²) in [5.41, 5.74) is 13.5. The van der Waals surface area contributed by atoms with Crippen LogP contribution in [0.1, 0.15) is 5.56 Å². The number of ether oxygens (including phenoxy) is 2. The number of para-hydroxylation sites is 6. The van der Waals surface area contributed by atoms with Crippen molar-refractivity contribution in [3.05, 3.63) is 169 Å². The molecule has 5 heteroatoms. The van der Waals surface area contributed by atoms with Crippen LogP contribution in [0.25, 0.3) is 88.4 Å². The van der Waals surface area contributed by atoms with Gasteiger partial charge in [-0.05, 0) is 118 Å². The van der Waals surface area contributed by atoms with Gasteiger partial charge in [0.05, 0.1) is 45.1 Å². The molecule has 8 aromatic carbocycles. The van der Waals surface area contributed by atoms with Crippen LogP contribution in [0.2, 0.25) is 0 Å². The summed E-state index contributed by atoms with van der Waals surface area (Å²) >= 11 is 0. The van der Waals surface area contributed by atoms with Gasteiger partial charge in [-0.1, -0.05) is 78.9 Å². The minimum Gasteiger partial charge on any atom is -0.453 e. The number of hydrogen-bond donors (Lipinski definition) is 0. The highest BCUT2D eigenvalue weighted by molar-refractivity contribution is 6.14. The number of aromatic nitrogens is 2. The van der Waals surface area contributed by atoms with Crippen LogP contribution >= 0.6 is 0 Å². The molecule has 5 nitrogen and oxygen atoms in total. The predicted octanol–water partition coefficient (Wildman–Crippen LogP) is 13.0. The molecule has 4 heterocycles. The van der Waals surface area contributed by atoms with E-state index in [1.54, 1.807) is 0 Å². The molecule has 0 saturated carbocycles. The maximum Gasteiger partial charge on any atom is 0.152 e. The molecule has 0 amide bonds. The average molecular weight is 690 g/mol. The lowest BCUT2D eigenvalue weighted by molar-refractivity contribution is 0.476. The molecule has 0 aliphatic carbocycles. The van der Waals surface area contributed by atoms with Gasteiger partial charge >= 0.3 is 0 Å². The monoisotopic (exact) mass is 689 g/mol. The number of nitriles is 1. The van der Waals surface area contributed by atoms with E-state index in [9.17, 15) is 5.26 Å². The van der Waals surface area contributed by atoms with E-state index < -0.39 is 0 Å². The van der Waals surface area contributed by atoms with Crippen molar-refractivity contribution in [3.63, 3.8) is 0 Å². The van der Waals surface area contributed by atoms with Crippen LogP contribution in [0, 0.1) is 11.3 Å². The third kappa shape index (κ3) is 4.02. The highest BCUT2D eigenvalue weighted by Gasteiger charge is 2.25. The first kappa shape index (κ1) is 29.1. The summed E-state index contributed by atoms with van der Waals surface area (Å²) in [4.78, 5) is 0. The minimum atomic E-state index is 0.621. The summed E-state index contributed by atoms with van der Waals surface area (Å²) in [7, 11) is 0. The van der Waals surface area contributed by atoms with Crippen LogP contribution in [0.4, 0.5) is 0 Å². The zero-order chi connectivity index (χ0) is 35.5. The quantitative estimate of drug-likeness (QED) is 0.186. The summed E-state index contributed by atoms with van der Waals surface area (Å²) < 4.78 is 17.3. The number of benzene rings is 8. The van der Waals surface area contributed by atoms with Gasteiger partial charge in [0.1, 0.15) is 0 Å². The Bertz CT molecular complexity index is 3300. The first-order chi connectivity index (χ1) is 26.7. The molecule has 0 N–H and O–H groups in total. The van der Waals surface area contributed by atoms with Crippen molar-refractivity contribution < 1.29 is 9.47 Å². The Labute approximate surface area is 309 Å². The molecule has 0 radical (unpaired) electrons. The molecule has 0 spiro atoms. The van der Waals surface area contributed by atoms with Gasteiger partial charge < -0.3 is 18.6 Å². The van der Waals surface area contributed by atoms with Crippen LogP contribution in [0.5, 0.6) is 23.0 Å². The van der Waals surface area contributed by atoms with Crippen molar-refractivity contribution in [2.24, 2.45) is 0 Å². The predicted molar refractivity (Wildman–Crippen MR) is 216 cm³/mol. The summed E-state index contributed by atoms with van der Waals surface area (Å²) in [5, 5.41) is 14.8. The van der Waals surface area contributed by atoms with Crippen LogP contribution in [-0.4, -0.2) is 9.13 Å². The molecular weight excluding hydrogens is 663 g/mol.